The summed E-state index contributed by atoms with van der Waals surface area (Å²) in [5.41, 5.74) is 1.02. The molecule has 0 bridgehead atoms. The molecule has 1 aliphatic rings. The highest BCUT2D eigenvalue weighted by atomic mass is 35.5. The van der Waals surface area contributed by atoms with Gasteiger partial charge in [0.25, 0.3) is 0 Å². The molecule has 0 radical (unpaired) electrons. The number of carboxylic acids is 1. The Kier molecular flexibility index (Phi) is 3.19. The van der Waals surface area contributed by atoms with Crippen LogP contribution in [0.2, 0.25) is 5.02 Å². The van der Waals surface area contributed by atoms with E-state index in [-0.39, 0.29) is 5.37 Å². The van der Waals surface area contributed by atoms with Crippen LogP contribution in [0.5, 0.6) is 0 Å². The first-order valence-corrected chi connectivity index (χ1v) is 5.95. The average Bonchev–Trinajstić information content (AvgIpc) is 2.66. The second-order valence-corrected chi connectivity index (χ2v) is 4.90. The largest absolute Gasteiger partial charge is 0.480 e. The summed E-state index contributed by atoms with van der Waals surface area (Å²) >= 11 is 7.46. The Labute approximate surface area is 96.8 Å². The lowest BCUT2D eigenvalue weighted by Crippen LogP contribution is -2.33. The topological polar surface area (TPSA) is 49.3 Å². The molecule has 1 aromatic carbocycles. The fourth-order valence-corrected chi connectivity index (χ4v) is 2.90. The third-order valence-corrected chi connectivity index (χ3v) is 3.73. The Morgan fingerprint density at radius 1 is 1.60 bits per heavy atom. The molecule has 1 aromatic rings. The zero-order valence-electron chi connectivity index (χ0n) is 7.81. The Hall–Kier alpha value is -0.710. The second-order valence-electron chi connectivity index (χ2n) is 3.33. The lowest BCUT2D eigenvalue weighted by atomic mass is 10.2. The first-order valence-electron chi connectivity index (χ1n) is 4.53. The van der Waals surface area contributed by atoms with E-state index in [0.717, 1.165) is 5.56 Å². The van der Waals surface area contributed by atoms with Crippen LogP contribution in [-0.2, 0) is 4.79 Å². The number of halogens is 1. The van der Waals surface area contributed by atoms with Crippen LogP contribution >= 0.6 is 23.4 Å². The molecule has 0 saturated carbocycles. The van der Waals surface area contributed by atoms with Gasteiger partial charge in [-0.2, -0.15) is 0 Å². The summed E-state index contributed by atoms with van der Waals surface area (Å²) in [6, 6.07) is 7.02. The molecule has 1 saturated heterocycles. The van der Waals surface area contributed by atoms with E-state index in [1.54, 1.807) is 17.8 Å². The Balaban J connectivity index is 2.11. The number of aliphatic carboxylic acids is 1. The van der Waals surface area contributed by atoms with Crippen molar-refractivity contribution in [2.75, 3.05) is 5.75 Å². The van der Waals surface area contributed by atoms with Crippen molar-refractivity contribution in [2.45, 2.75) is 11.4 Å². The lowest BCUT2D eigenvalue weighted by Gasteiger charge is -2.11. The third kappa shape index (κ3) is 2.45. The van der Waals surface area contributed by atoms with Crippen LogP contribution < -0.4 is 5.32 Å². The van der Waals surface area contributed by atoms with E-state index in [1.807, 2.05) is 18.2 Å². The van der Waals surface area contributed by atoms with Gasteiger partial charge in [-0.15, -0.1) is 11.8 Å². The maximum absolute atomic E-state index is 10.7. The SMILES string of the molecule is O=C(O)[C@H]1CS[C@H](c2cccc(Cl)c2)N1. The van der Waals surface area contributed by atoms with Crippen LogP contribution in [-0.4, -0.2) is 22.9 Å². The molecule has 80 valence electrons. The first-order chi connectivity index (χ1) is 7.16. The molecule has 0 aromatic heterocycles. The summed E-state index contributed by atoms with van der Waals surface area (Å²) in [4.78, 5) is 10.7. The minimum Gasteiger partial charge on any atom is -0.480 e. The van der Waals surface area contributed by atoms with E-state index < -0.39 is 12.0 Å². The smallest absolute Gasteiger partial charge is 0.321 e. The minimum atomic E-state index is -0.799. The Morgan fingerprint density at radius 3 is 3.00 bits per heavy atom. The summed E-state index contributed by atoms with van der Waals surface area (Å²) < 4.78 is 0. The lowest BCUT2D eigenvalue weighted by molar-refractivity contribution is -0.138. The van der Waals surface area contributed by atoms with Crippen molar-refractivity contribution < 1.29 is 9.90 Å². The van der Waals surface area contributed by atoms with Crippen molar-refractivity contribution in [3.05, 3.63) is 34.9 Å². The van der Waals surface area contributed by atoms with Crippen LogP contribution in [0.1, 0.15) is 10.9 Å². The predicted molar refractivity (Wildman–Crippen MR) is 61.2 cm³/mol. The van der Waals surface area contributed by atoms with E-state index in [4.69, 9.17) is 16.7 Å². The van der Waals surface area contributed by atoms with E-state index in [2.05, 4.69) is 5.32 Å². The highest BCUT2D eigenvalue weighted by Crippen LogP contribution is 2.33. The number of hydrogen-bond acceptors (Lipinski definition) is 3. The number of carbonyl (C=O) groups is 1. The predicted octanol–water partition coefficient (Wildman–Crippen LogP) is 2.13. The molecule has 3 nitrogen and oxygen atoms in total. The van der Waals surface area contributed by atoms with E-state index >= 15 is 0 Å². The van der Waals surface area contributed by atoms with Gasteiger partial charge in [0.05, 0.1) is 5.37 Å². The maximum Gasteiger partial charge on any atom is 0.321 e. The standard InChI is InChI=1S/C10H10ClNO2S/c11-7-3-1-2-6(4-7)9-12-8(5-15-9)10(13)14/h1-4,8-9,12H,5H2,(H,13,14)/t8-,9-/m1/s1. The van der Waals surface area contributed by atoms with Gasteiger partial charge in [-0.1, -0.05) is 23.7 Å². The van der Waals surface area contributed by atoms with Gasteiger partial charge >= 0.3 is 5.97 Å². The number of carboxylic acid groups (broad SMARTS) is 1. The van der Waals surface area contributed by atoms with Crippen LogP contribution in [0.4, 0.5) is 0 Å². The number of rotatable bonds is 2. The molecular weight excluding hydrogens is 234 g/mol. The molecule has 1 fully saturated rings. The Bertz CT molecular complexity index is 385. The molecule has 0 spiro atoms. The van der Waals surface area contributed by atoms with Crippen LogP contribution in [0, 0.1) is 0 Å². The fraction of sp³-hybridized carbons (Fsp3) is 0.300. The zero-order valence-corrected chi connectivity index (χ0v) is 9.39. The first kappa shape index (κ1) is 10.8. The highest BCUT2D eigenvalue weighted by Gasteiger charge is 2.30. The molecule has 0 unspecified atom stereocenters. The maximum atomic E-state index is 10.7. The normalized spacial score (nSPS) is 25.4. The van der Waals surface area contributed by atoms with Gasteiger partial charge in [-0.3, -0.25) is 10.1 Å². The Morgan fingerprint density at radius 2 is 2.40 bits per heavy atom. The summed E-state index contributed by atoms with van der Waals surface area (Å²) in [7, 11) is 0. The van der Waals surface area contributed by atoms with Crippen LogP contribution in [0.15, 0.2) is 24.3 Å². The number of thioether (sulfide) groups is 1. The molecule has 5 heteroatoms. The summed E-state index contributed by atoms with van der Waals surface area (Å²) in [5.74, 6) is -0.209. The van der Waals surface area contributed by atoms with Crippen molar-refractivity contribution in [1.29, 1.82) is 0 Å². The van der Waals surface area contributed by atoms with Gasteiger partial charge in [0.2, 0.25) is 0 Å². The minimum absolute atomic E-state index is 0.0322. The molecule has 1 aliphatic heterocycles. The van der Waals surface area contributed by atoms with Gasteiger partial charge in [0.1, 0.15) is 6.04 Å². The summed E-state index contributed by atoms with van der Waals surface area (Å²) in [5, 5.41) is 12.6. The molecule has 0 aliphatic carbocycles. The van der Waals surface area contributed by atoms with Gasteiger partial charge < -0.3 is 5.11 Å². The van der Waals surface area contributed by atoms with E-state index in [9.17, 15) is 4.79 Å². The third-order valence-electron chi connectivity index (χ3n) is 2.23. The van der Waals surface area contributed by atoms with Crippen molar-refractivity contribution in [1.82, 2.24) is 5.32 Å². The molecule has 2 N–H and O–H groups in total. The van der Waals surface area contributed by atoms with E-state index in [1.165, 1.54) is 0 Å². The number of nitrogens with one attached hydrogen (secondary N) is 1. The fourth-order valence-electron chi connectivity index (χ4n) is 1.48. The second kappa shape index (κ2) is 4.43. The zero-order chi connectivity index (χ0) is 10.8. The number of benzene rings is 1. The molecule has 1 heterocycles. The number of hydrogen-bond donors (Lipinski definition) is 2. The van der Waals surface area contributed by atoms with Gasteiger partial charge in [-0.05, 0) is 17.7 Å². The molecule has 0 amide bonds. The monoisotopic (exact) mass is 243 g/mol. The highest BCUT2D eigenvalue weighted by molar-refractivity contribution is 7.99. The van der Waals surface area contributed by atoms with Crippen LogP contribution in [0.25, 0.3) is 0 Å². The van der Waals surface area contributed by atoms with Gasteiger partial charge in [0.15, 0.2) is 0 Å². The van der Waals surface area contributed by atoms with E-state index in [0.29, 0.717) is 10.8 Å². The van der Waals surface area contributed by atoms with Crippen molar-refractivity contribution in [2.24, 2.45) is 0 Å². The van der Waals surface area contributed by atoms with Crippen molar-refractivity contribution in [3.8, 4) is 0 Å². The van der Waals surface area contributed by atoms with Crippen LogP contribution in [0.3, 0.4) is 0 Å². The average molecular weight is 244 g/mol. The molecule has 15 heavy (non-hydrogen) atoms. The molecular formula is C10H10ClNO2S. The van der Waals surface area contributed by atoms with Gasteiger partial charge in [0, 0.05) is 10.8 Å². The summed E-state index contributed by atoms with van der Waals surface area (Å²) in [6.45, 7) is 0. The molecule has 2 rings (SSSR count). The summed E-state index contributed by atoms with van der Waals surface area (Å²) in [6.07, 6.45) is 0. The van der Waals surface area contributed by atoms with Crippen molar-refractivity contribution >= 4 is 29.3 Å². The van der Waals surface area contributed by atoms with Gasteiger partial charge in [-0.25, -0.2) is 0 Å². The quantitative estimate of drug-likeness (QED) is 0.836. The van der Waals surface area contributed by atoms with Crippen molar-refractivity contribution in [3.63, 3.8) is 0 Å². The molecule has 2 atom stereocenters.